The summed E-state index contributed by atoms with van der Waals surface area (Å²) in [5.74, 6) is -0.242. The summed E-state index contributed by atoms with van der Waals surface area (Å²) < 4.78 is 0. The Balaban J connectivity index is 1.53. The van der Waals surface area contributed by atoms with Crippen molar-refractivity contribution in [1.29, 1.82) is 0 Å². The Labute approximate surface area is 181 Å². The van der Waals surface area contributed by atoms with Gasteiger partial charge in [-0.3, -0.25) is 14.9 Å². The van der Waals surface area contributed by atoms with Crippen LogP contribution in [0.2, 0.25) is 0 Å². The lowest BCUT2D eigenvalue weighted by Crippen LogP contribution is -3.12. The number of hydrogen-bond acceptors (Lipinski definition) is 5. The second kappa shape index (κ2) is 8.97. The summed E-state index contributed by atoms with van der Waals surface area (Å²) in [5, 5.41) is 14.8. The second-order valence-corrected chi connectivity index (χ2v) is 7.80. The van der Waals surface area contributed by atoms with Gasteiger partial charge in [-0.25, -0.2) is 0 Å². The number of benzene rings is 3. The van der Waals surface area contributed by atoms with Crippen LogP contribution in [0.3, 0.4) is 0 Å². The first kappa shape index (κ1) is 20.6. The first-order chi connectivity index (χ1) is 15.0. The van der Waals surface area contributed by atoms with Crippen molar-refractivity contribution in [2.75, 3.05) is 43.4 Å². The highest BCUT2D eigenvalue weighted by Crippen LogP contribution is 2.30. The monoisotopic (exact) mass is 417 g/mol. The van der Waals surface area contributed by atoms with Gasteiger partial charge in [0.1, 0.15) is 5.69 Å². The average Bonchev–Trinajstić information content (AvgIpc) is 2.80. The van der Waals surface area contributed by atoms with Crippen LogP contribution in [-0.2, 0) is 0 Å². The lowest BCUT2D eigenvalue weighted by Gasteiger charge is -2.31. The number of hydrogen-bond donors (Lipinski definition) is 2. The molecule has 1 aliphatic rings. The lowest BCUT2D eigenvalue weighted by molar-refractivity contribution is -0.880. The molecule has 1 aliphatic heterocycles. The van der Waals surface area contributed by atoms with Crippen molar-refractivity contribution in [3.05, 3.63) is 94.0 Å². The Morgan fingerprint density at radius 2 is 1.65 bits per heavy atom. The zero-order chi connectivity index (χ0) is 21.8. The summed E-state index contributed by atoms with van der Waals surface area (Å²) in [4.78, 5) is 27.7. The minimum Gasteiger partial charge on any atom is -0.360 e. The van der Waals surface area contributed by atoms with Gasteiger partial charge >= 0.3 is 0 Å². The maximum absolute atomic E-state index is 12.6. The van der Waals surface area contributed by atoms with E-state index in [0.717, 1.165) is 37.6 Å². The molecule has 0 aromatic heterocycles. The molecule has 0 atom stereocenters. The third kappa shape index (κ3) is 4.73. The van der Waals surface area contributed by atoms with Crippen LogP contribution < -0.4 is 15.1 Å². The second-order valence-electron chi connectivity index (χ2n) is 7.80. The first-order valence-corrected chi connectivity index (χ1v) is 10.3. The Hall–Kier alpha value is -3.71. The van der Waals surface area contributed by atoms with E-state index in [-0.39, 0.29) is 17.0 Å². The Bertz CT molecular complexity index is 1080. The van der Waals surface area contributed by atoms with E-state index >= 15 is 0 Å². The highest BCUT2D eigenvalue weighted by atomic mass is 16.6. The van der Waals surface area contributed by atoms with Crippen molar-refractivity contribution >= 4 is 28.5 Å². The number of nitro benzene ring substituents is 1. The Morgan fingerprint density at radius 1 is 0.968 bits per heavy atom. The fourth-order valence-corrected chi connectivity index (χ4v) is 3.74. The molecular formula is C24H25N4O3+. The van der Waals surface area contributed by atoms with E-state index in [1.165, 1.54) is 11.0 Å². The summed E-state index contributed by atoms with van der Waals surface area (Å²) in [6.07, 6.45) is 0. The molecule has 7 heteroatoms. The molecule has 1 heterocycles. The topological polar surface area (TPSA) is 79.9 Å². The summed E-state index contributed by atoms with van der Waals surface area (Å²) in [5.41, 5.74) is 2.91. The van der Waals surface area contributed by atoms with Crippen molar-refractivity contribution in [2.45, 2.75) is 0 Å². The molecule has 31 heavy (non-hydrogen) atoms. The van der Waals surface area contributed by atoms with E-state index in [9.17, 15) is 14.9 Å². The van der Waals surface area contributed by atoms with E-state index in [4.69, 9.17) is 0 Å². The van der Waals surface area contributed by atoms with Gasteiger partial charge in [0.2, 0.25) is 0 Å². The number of quaternary nitrogens is 1. The van der Waals surface area contributed by atoms with Crippen LogP contribution in [0.4, 0.5) is 22.7 Å². The fourth-order valence-electron chi connectivity index (χ4n) is 3.74. The maximum Gasteiger partial charge on any atom is 0.293 e. The first-order valence-electron chi connectivity index (χ1n) is 10.3. The van der Waals surface area contributed by atoms with Gasteiger partial charge in [-0.05, 0) is 36.4 Å². The van der Waals surface area contributed by atoms with Crippen LogP contribution in [-0.4, -0.2) is 43.9 Å². The van der Waals surface area contributed by atoms with Gasteiger partial charge in [0.15, 0.2) is 5.78 Å². The summed E-state index contributed by atoms with van der Waals surface area (Å²) in [6, 6.07) is 21.2. The number of piperazine rings is 1. The van der Waals surface area contributed by atoms with Gasteiger partial charge in [-0.2, -0.15) is 0 Å². The molecule has 1 saturated heterocycles. The average molecular weight is 417 g/mol. The largest absolute Gasteiger partial charge is 0.360 e. The molecular weight excluding hydrogens is 392 g/mol. The molecule has 0 saturated carbocycles. The van der Waals surface area contributed by atoms with E-state index in [2.05, 4.69) is 17.3 Å². The minimum atomic E-state index is -0.467. The third-order valence-corrected chi connectivity index (χ3v) is 5.62. The molecule has 2 N–H and O–H groups in total. The van der Waals surface area contributed by atoms with Gasteiger partial charge in [0.25, 0.3) is 5.69 Å². The summed E-state index contributed by atoms with van der Waals surface area (Å²) >= 11 is 0. The number of anilines is 3. The number of carbonyl (C=O) groups is 1. The quantitative estimate of drug-likeness (QED) is 0.366. The molecule has 7 nitrogen and oxygen atoms in total. The molecule has 0 spiro atoms. The fraction of sp³-hybridized carbons (Fsp3) is 0.208. The number of carbonyl (C=O) groups excluding carboxylic acids is 1. The molecule has 0 bridgehead atoms. The molecule has 1 fully saturated rings. The predicted octanol–water partition coefficient (Wildman–Crippen LogP) is 2.90. The third-order valence-electron chi connectivity index (χ3n) is 5.62. The number of nitrogens with one attached hydrogen (secondary N) is 2. The van der Waals surface area contributed by atoms with E-state index in [1.807, 2.05) is 30.3 Å². The van der Waals surface area contributed by atoms with Gasteiger partial charge in [0, 0.05) is 28.6 Å². The van der Waals surface area contributed by atoms with Crippen LogP contribution in [0.15, 0.2) is 72.8 Å². The van der Waals surface area contributed by atoms with Crippen LogP contribution >= 0.6 is 0 Å². The van der Waals surface area contributed by atoms with Gasteiger partial charge in [-0.15, -0.1) is 0 Å². The van der Waals surface area contributed by atoms with Crippen LogP contribution in [0.1, 0.15) is 15.9 Å². The molecule has 3 aromatic carbocycles. The number of nitrogens with zero attached hydrogens (tertiary/aromatic N) is 2. The normalized spacial score (nSPS) is 14.3. The number of likely N-dealkylation sites (N-methyl/N-ethyl adjacent to an activating group) is 1. The molecule has 0 amide bonds. The van der Waals surface area contributed by atoms with Crippen LogP contribution in [0.5, 0.6) is 0 Å². The van der Waals surface area contributed by atoms with Crippen molar-refractivity contribution in [1.82, 2.24) is 0 Å². The number of ketones is 1. The van der Waals surface area contributed by atoms with Crippen molar-refractivity contribution < 1.29 is 14.6 Å². The van der Waals surface area contributed by atoms with Crippen molar-refractivity contribution in [3.63, 3.8) is 0 Å². The number of nitro groups is 1. The number of rotatable bonds is 6. The molecule has 3 aromatic rings. The van der Waals surface area contributed by atoms with E-state index < -0.39 is 4.92 Å². The summed E-state index contributed by atoms with van der Waals surface area (Å²) in [7, 11) is 2.20. The lowest BCUT2D eigenvalue weighted by atomic mass is 10.0. The molecule has 0 unspecified atom stereocenters. The van der Waals surface area contributed by atoms with Crippen LogP contribution in [0.25, 0.3) is 0 Å². The van der Waals surface area contributed by atoms with Gasteiger partial charge in [-0.1, -0.05) is 30.3 Å². The highest BCUT2D eigenvalue weighted by molar-refractivity contribution is 6.09. The SMILES string of the molecule is C[NH+]1CCN(c2ccc(Nc3ccc(C(=O)c4ccccc4)cc3[N+](=O)[O-])cc2)CC1. The highest BCUT2D eigenvalue weighted by Gasteiger charge is 2.20. The zero-order valence-corrected chi connectivity index (χ0v) is 17.4. The standard InChI is InChI=1S/C24H24N4O3/c1-26-13-15-27(16-14-26)21-10-8-20(9-11-21)25-22-12-7-19(17-23(22)28(30)31)24(29)18-5-3-2-4-6-18/h2-12,17,25H,13-16H2,1H3/p+1. The van der Waals surface area contributed by atoms with Crippen LogP contribution in [0, 0.1) is 10.1 Å². The smallest absolute Gasteiger partial charge is 0.293 e. The van der Waals surface area contributed by atoms with Gasteiger partial charge in [0.05, 0.1) is 38.2 Å². The predicted molar refractivity (Wildman–Crippen MR) is 122 cm³/mol. The van der Waals surface area contributed by atoms with E-state index in [1.54, 1.807) is 36.4 Å². The Morgan fingerprint density at radius 3 is 2.29 bits per heavy atom. The van der Waals surface area contributed by atoms with Crippen molar-refractivity contribution in [2.24, 2.45) is 0 Å². The molecule has 4 rings (SSSR count). The maximum atomic E-state index is 12.6. The zero-order valence-electron chi connectivity index (χ0n) is 17.4. The molecule has 0 radical (unpaired) electrons. The van der Waals surface area contributed by atoms with Crippen molar-refractivity contribution in [3.8, 4) is 0 Å². The van der Waals surface area contributed by atoms with E-state index in [0.29, 0.717) is 11.3 Å². The molecule has 0 aliphatic carbocycles. The summed E-state index contributed by atoms with van der Waals surface area (Å²) in [6.45, 7) is 4.25. The Kier molecular flexibility index (Phi) is 5.95. The molecule has 158 valence electrons. The minimum absolute atomic E-state index is 0.132. The van der Waals surface area contributed by atoms with Gasteiger partial charge < -0.3 is 15.1 Å².